The molecular formula is C11H9ClN4. The summed E-state index contributed by atoms with van der Waals surface area (Å²) in [5.41, 5.74) is 1.87. The first-order valence-corrected chi connectivity index (χ1v) is 5.26. The zero-order valence-electron chi connectivity index (χ0n) is 8.63. The lowest BCUT2D eigenvalue weighted by Crippen LogP contribution is -2.02. The number of para-hydroxylation sites is 2. The Morgan fingerprint density at radius 1 is 1.19 bits per heavy atom. The fraction of sp³-hybridized carbons (Fsp3) is 0.0909. The molecule has 0 aliphatic rings. The van der Waals surface area contributed by atoms with E-state index in [1.54, 1.807) is 10.9 Å². The van der Waals surface area contributed by atoms with E-state index >= 15 is 0 Å². The highest BCUT2D eigenvalue weighted by Gasteiger charge is 2.12. The Bertz CT molecular complexity index is 653. The summed E-state index contributed by atoms with van der Waals surface area (Å²) < 4.78 is 3.64. The standard InChI is InChI=1S/C11H9ClN4/c1-15-10(6-7-13-15)16-9-5-3-2-4-8(9)14-11(16)12/h2-7H,1H3. The van der Waals surface area contributed by atoms with Crippen LogP contribution in [0.15, 0.2) is 36.5 Å². The Balaban J connectivity index is 2.39. The minimum absolute atomic E-state index is 0.449. The first-order chi connectivity index (χ1) is 7.77. The van der Waals surface area contributed by atoms with Crippen LogP contribution in [0.2, 0.25) is 5.28 Å². The third kappa shape index (κ3) is 1.23. The minimum atomic E-state index is 0.449. The number of imidazole rings is 1. The van der Waals surface area contributed by atoms with Gasteiger partial charge in [-0.2, -0.15) is 5.10 Å². The largest absolute Gasteiger partial charge is 0.267 e. The Hall–Kier alpha value is -1.81. The van der Waals surface area contributed by atoms with Crippen molar-refractivity contribution in [3.05, 3.63) is 41.8 Å². The molecular weight excluding hydrogens is 224 g/mol. The summed E-state index contributed by atoms with van der Waals surface area (Å²) in [5, 5.41) is 4.58. The molecule has 3 rings (SSSR count). The number of benzene rings is 1. The van der Waals surface area contributed by atoms with Gasteiger partial charge in [-0.15, -0.1) is 0 Å². The number of nitrogens with zero attached hydrogens (tertiary/aromatic N) is 4. The van der Waals surface area contributed by atoms with Crippen molar-refractivity contribution in [1.82, 2.24) is 19.3 Å². The van der Waals surface area contributed by atoms with Gasteiger partial charge in [0, 0.05) is 13.1 Å². The first-order valence-electron chi connectivity index (χ1n) is 4.89. The molecule has 1 aromatic carbocycles. The second-order valence-electron chi connectivity index (χ2n) is 3.52. The Morgan fingerprint density at radius 2 is 2.00 bits per heavy atom. The number of halogens is 1. The van der Waals surface area contributed by atoms with E-state index in [2.05, 4.69) is 10.1 Å². The maximum Gasteiger partial charge on any atom is 0.209 e. The number of rotatable bonds is 1. The van der Waals surface area contributed by atoms with E-state index in [0.717, 1.165) is 16.9 Å². The zero-order chi connectivity index (χ0) is 11.1. The molecule has 80 valence electrons. The van der Waals surface area contributed by atoms with Crippen molar-refractivity contribution >= 4 is 22.6 Å². The van der Waals surface area contributed by atoms with E-state index < -0.39 is 0 Å². The predicted octanol–water partition coefficient (Wildman–Crippen LogP) is 2.41. The lowest BCUT2D eigenvalue weighted by atomic mass is 10.3. The highest BCUT2D eigenvalue weighted by Crippen LogP contribution is 2.23. The van der Waals surface area contributed by atoms with Crippen molar-refractivity contribution in [2.24, 2.45) is 7.05 Å². The molecule has 0 radical (unpaired) electrons. The minimum Gasteiger partial charge on any atom is -0.267 e. The van der Waals surface area contributed by atoms with Crippen LogP contribution in [-0.4, -0.2) is 19.3 Å². The van der Waals surface area contributed by atoms with Crippen molar-refractivity contribution in [1.29, 1.82) is 0 Å². The van der Waals surface area contributed by atoms with Gasteiger partial charge in [0.2, 0.25) is 5.28 Å². The Morgan fingerprint density at radius 3 is 2.75 bits per heavy atom. The molecule has 3 aromatic rings. The molecule has 0 unspecified atom stereocenters. The van der Waals surface area contributed by atoms with Gasteiger partial charge in [0.15, 0.2) is 0 Å². The molecule has 0 N–H and O–H groups in total. The number of aryl methyl sites for hydroxylation is 1. The predicted molar refractivity (Wildman–Crippen MR) is 62.8 cm³/mol. The van der Waals surface area contributed by atoms with Crippen molar-refractivity contribution in [2.75, 3.05) is 0 Å². The van der Waals surface area contributed by atoms with Crippen LogP contribution in [0.5, 0.6) is 0 Å². The summed E-state index contributed by atoms with van der Waals surface area (Å²) in [5.74, 6) is 0.902. The van der Waals surface area contributed by atoms with Gasteiger partial charge >= 0.3 is 0 Å². The van der Waals surface area contributed by atoms with Gasteiger partial charge in [-0.25, -0.2) is 4.98 Å². The third-order valence-electron chi connectivity index (χ3n) is 2.54. The van der Waals surface area contributed by atoms with Crippen molar-refractivity contribution in [3.63, 3.8) is 0 Å². The van der Waals surface area contributed by atoms with E-state index in [1.165, 1.54) is 0 Å². The Labute approximate surface area is 97.1 Å². The summed E-state index contributed by atoms with van der Waals surface area (Å²) in [6.07, 6.45) is 1.74. The maximum absolute atomic E-state index is 6.14. The molecule has 0 aliphatic carbocycles. The SMILES string of the molecule is Cn1nccc1-n1c(Cl)nc2ccccc21. The van der Waals surface area contributed by atoms with Crippen LogP contribution < -0.4 is 0 Å². The summed E-state index contributed by atoms with van der Waals surface area (Å²) >= 11 is 6.14. The van der Waals surface area contributed by atoms with Crippen LogP contribution >= 0.6 is 11.6 Å². The third-order valence-corrected chi connectivity index (χ3v) is 2.80. The molecule has 5 heteroatoms. The van der Waals surface area contributed by atoms with E-state index in [0.29, 0.717) is 5.28 Å². The number of fused-ring (bicyclic) bond motifs is 1. The number of hydrogen-bond donors (Lipinski definition) is 0. The lowest BCUT2D eigenvalue weighted by Gasteiger charge is -2.05. The summed E-state index contributed by atoms with van der Waals surface area (Å²) in [6, 6.07) is 9.74. The molecule has 16 heavy (non-hydrogen) atoms. The molecule has 0 amide bonds. The van der Waals surface area contributed by atoms with Crippen LogP contribution in [0.25, 0.3) is 16.9 Å². The fourth-order valence-electron chi connectivity index (χ4n) is 1.80. The summed E-state index contributed by atoms with van der Waals surface area (Å²) in [7, 11) is 1.88. The molecule has 0 saturated carbocycles. The fourth-order valence-corrected chi connectivity index (χ4v) is 2.07. The topological polar surface area (TPSA) is 35.6 Å². The highest BCUT2D eigenvalue weighted by molar-refractivity contribution is 6.29. The van der Waals surface area contributed by atoms with Gasteiger partial charge in [-0.3, -0.25) is 9.25 Å². The van der Waals surface area contributed by atoms with Crippen molar-refractivity contribution in [3.8, 4) is 5.82 Å². The molecule has 2 heterocycles. The van der Waals surface area contributed by atoms with E-state index in [9.17, 15) is 0 Å². The molecule has 0 fully saturated rings. The van der Waals surface area contributed by atoms with Gasteiger partial charge in [0.25, 0.3) is 0 Å². The number of hydrogen-bond acceptors (Lipinski definition) is 2. The second kappa shape index (κ2) is 3.35. The van der Waals surface area contributed by atoms with Gasteiger partial charge in [0.05, 0.1) is 17.2 Å². The van der Waals surface area contributed by atoms with E-state index in [1.807, 2.05) is 41.9 Å². The van der Waals surface area contributed by atoms with Crippen molar-refractivity contribution in [2.45, 2.75) is 0 Å². The summed E-state index contributed by atoms with van der Waals surface area (Å²) in [6.45, 7) is 0. The van der Waals surface area contributed by atoms with Crippen LogP contribution in [0.4, 0.5) is 0 Å². The second-order valence-corrected chi connectivity index (χ2v) is 3.86. The van der Waals surface area contributed by atoms with Gasteiger partial charge in [0.1, 0.15) is 5.82 Å². The Kier molecular flexibility index (Phi) is 1.97. The lowest BCUT2D eigenvalue weighted by molar-refractivity contribution is 0.735. The van der Waals surface area contributed by atoms with Gasteiger partial charge in [-0.05, 0) is 23.7 Å². The van der Waals surface area contributed by atoms with Gasteiger partial charge < -0.3 is 0 Å². The molecule has 0 atom stereocenters. The molecule has 2 aromatic heterocycles. The van der Waals surface area contributed by atoms with Crippen LogP contribution in [-0.2, 0) is 7.05 Å². The van der Waals surface area contributed by atoms with E-state index in [4.69, 9.17) is 11.6 Å². The van der Waals surface area contributed by atoms with Gasteiger partial charge in [-0.1, -0.05) is 12.1 Å². The smallest absolute Gasteiger partial charge is 0.209 e. The van der Waals surface area contributed by atoms with Crippen LogP contribution in [0.3, 0.4) is 0 Å². The van der Waals surface area contributed by atoms with Crippen LogP contribution in [0, 0.1) is 0 Å². The van der Waals surface area contributed by atoms with E-state index in [-0.39, 0.29) is 0 Å². The highest BCUT2D eigenvalue weighted by atomic mass is 35.5. The monoisotopic (exact) mass is 232 g/mol. The summed E-state index contributed by atoms with van der Waals surface area (Å²) in [4.78, 5) is 4.30. The molecule has 0 bridgehead atoms. The average molecular weight is 233 g/mol. The average Bonchev–Trinajstić information content (AvgIpc) is 2.81. The molecule has 0 saturated heterocycles. The van der Waals surface area contributed by atoms with Crippen molar-refractivity contribution < 1.29 is 0 Å². The number of aromatic nitrogens is 4. The normalized spacial score (nSPS) is 11.1. The zero-order valence-corrected chi connectivity index (χ0v) is 9.39. The molecule has 0 aliphatic heterocycles. The van der Waals surface area contributed by atoms with Crippen LogP contribution in [0.1, 0.15) is 0 Å². The molecule has 4 nitrogen and oxygen atoms in total. The first kappa shape index (κ1) is 9.42. The maximum atomic E-state index is 6.14. The molecule has 0 spiro atoms. The quantitative estimate of drug-likeness (QED) is 0.646.